The minimum absolute atomic E-state index is 0.0234. The first-order valence-corrected chi connectivity index (χ1v) is 5.58. The lowest BCUT2D eigenvalue weighted by atomic mass is 10.2. The number of fused-ring (bicyclic) bond motifs is 1. The van der Waals surface area contributed by atoms with Crippen LogP contribution in [0.3, 0.4) is 0 Å². The number of esters is 1. The highest BCUT2D eigenvalue weighted by atomic mass is 16.5. The molecule has 1 aliphatic heterocycles. The van der Waals surface area contributed by atoms with Crippen LogP contribution in [0.4, 0.5) is 11.5 Å². The smallest absolute Gasteiger partial charge is 0.311 e. The van der Waals surface area contributed by atoms with E-state index < -0.39 is 0 Å². The molecule has 2 heterocycles. The number of carbonyl (C=O) groups is 2. The Labute approximate surface area is 104 Å². The molecule has 2 rings (SSSR count). The van der Waals surface area contributed by atoms with E-state index in [1.54, 1.807) is 25.3 Å². The molecule has 0 bridgehead atoms. The summed E-state index contributed by atoms with van der Waals surface area (Å²) in [6.45, 7) is 2.05. The van der Waals surface area contributed by atoms with E-state index in [-0.39, 0.29) is 18.3 Å². The quantitative estimate of drug-likeness (QED) is 0.786. The van der Waals surface area contributed by atoms with Gasteiger partial charge in [0.2, 0.25) is 0 Å². The van der Waals surface area contributed by atoms with E-state index in [0.29, 0.717) is 23.8 Å². The van der Waals surface area contributed by atoms with Crippen molar-refractivity contribution in [1.29, 1.82) is 0 Å². The van der Waals surface area contributed by atoms with Crippen LogP contribution in [-0.4, -0.2) is 23.5 Å². The lowest BCUT2D eigenvalue weighted by Gasteiger charge is -2.09. The van der Waals surface area contributed by atoms with Gasteiger partial charge in [0.25, 0.3) is 5.91 Å². The lowest BCUT2D eigenvalue weighted by molar-refractivity contribution is -0.142. The predicted molar refractivity (Wildman–Crippen MR) is 65.8 cm³/mol. The van der Waals surface area contributed by atoms with Crippen molar-refractivity contribution < 1.29 is 14.3 Å². The number of rotatable bonds is 3. The van der Waals surface area contributed by atoms with Crippen LogP contribution in [0.5, 0.6) is 0 Å². The van der Waals surface area contributed by atoms with Crippen molar-refractivity contribution in [1.82, 2.24) is 4.98 Å². The molecule has 1 aromatic rings. The summed E-state index contributed by atoms with van der Waals surface area (Å²) in [6.07, 6.45) is 2.94. The Hall–Kier alpha value is -2.37. The fourth-order valence-corrected chi connectivity index (χ4v) is 1.59. The molecule has 0 unspecified atom stereocenters. The van der Waals surface area contributed by atoms with Crippen LogP contribution in [0.25, 0.3) is 0 Å². The van der Waals surface area contributed by atoms with Crippen molar-refractivity contribution in [3.05, 3.63) is 30.1 Å². The molecule has 0 radical (unpaired) electrons. The maximum Gasteiger partial charge on any atom is 0.311 e. The molecule has 0 aromatic carbocycles. The molecule has 0 saturated carbocycles. The second kappa shape index (κ2) is 5.31. The Bertz CT molecular complexity index is 511. The summed E-state index contributed by atoms with van der Waals surface area (Å²) in [4.78, 5) is 27.0. The average Bonchev–Trinajstić information content (AvgIpc) is 2.46. The van der Waals surface area contributed by atoms with Gasteiger partial charge in [-0.2, -0.15) is 0 Å². The number of nitrogens with one attached hydrogen (secondary N) is 2. The van der Waals surface area contributed by atoms with Gasteiger partial charge in [-0.25, -0.2) is 4.98 Å². The molecule has 6 heteroatoms. The van der Waals surface area contributed by atoms with Gasteiger partial charge in [0.05, 0.1) is 18.7 Å². The molecular formula is C12H13N3O3. The number of amides is 1. The van der Waals surface area contributed by atoms with Crippen molar-refractivity contribution >= 4 is 23.4 Å². The van der Waals surface area contributed by atoms with E-state index in [1.165, 1.54) is 6.08 Å². The molecule has 0 aliphatic carbocycles. The molecule has 1 amide bonds. The van der Waals surface area contributed by atoms with Crippen molar-refractivity contribution in [3.8, 4) is 0 Å². The molecular weight excluding hydrogens is 234 g/mol. The molecule has 0 saturated heterocycles. The fraction of sp³-hybridized carbons (Fsp3) is 0.250. The summed E-state index contributed by atoms with van der Waals surface area (Å²) in [5, 5.41) is 5.61. The Balaban J connectivity index is 2.17. The number of nitrogens with zero attached hydrogens (tertiary/aromatic N) is 1. The highest BCUT2D eigenvalue weighted by Gasteiger charge is 2.16. The van der Waals surface area contributed by atoms with E-state index in [4.69, 9.17) is 4.74 Å². The number of hydrogen-bond donors (Lipinski definition) is 2. The van der Waals surface area contributed by atoms with Crippen LogP contribution in [-0.2, 0) is 14.3 Å². The summed E-state index contributed by atoms with van der Waals surface area (Å²) in [5.74, 6) is -0.256. The van der Waals surface area contributed by atoms with E-state index in [2.05, 4.69) is 15.6 Å². The Morgan fingerprint density at radius 3 is 3.06 bits per heavy atom. The van der Waals surface area contributed by atoms with Crippen molar-refractivity contribution in [2.75, 3.05) is 17.2 Å². The maximum atomic E-state index is 11.6. The third-order valence-electron chi connectivity index (χ3n) is 2.29. The van der Waals surface area contributed by atoms with Gasteiger partial charge in [0, 0.05) is 18.0 Å². The number of carbonyl (C=O) groups excluding carboxylic acids is 2. The lowest BCUT2D eigenvalue weighted by Crippen LogP contribution is -2.11. The van der Waals surface area contributed by atoms with E-state index in [9.17, 15) is 9.59 Å². The van der Waals surface area contributed by atoms with E-state index in [0.717, 1.165) is 0 Å². The highest BCUT2D eigenvalue weighted by Crippen LogP contribution is 2.23. The topological polar surface area (TPSA) is 80.3 Å². The van der Waals surface area contributed by atoms with Gasteiger partial charge in [-0.3, -0.25) is 9.59 Å². The Morgan fingerprint density at radius 1 is 1.44 bits per heavy atom. The molecule has 94 valence electrons. The SMILES string of the molecule is CCOC(=O)CC1=CC(=O)Nc2ncccc2N1. The molecule has 2 N–H and O–H groups in total. The molecule has 6 nitrogen and oxygen atoms in total. The minimum Gasteiger partial charge on any atom is -0.466 e. The van der Waals surface area contributed by atoms with Crippen LogP contribution < -0.4 is 10.6 Å². The van der Waals surface area contributed by atoms with Gasteiger partial charge in [0.15, 0.2) is 5.82 Å². The van der Waals surface area contributed by atoms with Crippen LogP contribution in [0.2, 0.25) is 0 Å². The summed E-state index contributed by atoms with van der Waals surface area (Å²) in [7, 11) is 0. The van der Waals surface area contributed by atoms with Crippen molar-refractivity contribution in [3.63, 3.8) is 0 Å². The normalized spacial score (nSPS) is 13.6. The highest BCUT2D eigenvalue weighted by molar-refractivity contribution is 6.03. The number of anilines is 2. The summed E-state index contributed by atoms with van der Waals surface area (Å²) < 4.78 is 4.84. The van der Waals surface area contributed by atoms with E-state index >= 15 is 0 Å². The molecule has 18 heavy (non-hydrogen) atoms. The first kappa shape index (κ1) is 12.1. The fourth-order valence-electron chi connectivity index (χ4n) is 1.59. The summed E-state index contributed by atoms with van der Waals surface area (Å²) in [6, 6.07) is 3.51. The number of aromatic nitrogens is 1. The standard InChI is InChI=1S/C12H13N3O3/c1-2-18-11(17)7-8-6-10(16)15-12-9(14-8)4-3-5-13-12/h3-6,14H,2,7H2,1H3,(H,13,15,16). The molecule has 0 atom stereocenters. The molecule has 1 aliphatic rings. The number of pyridine rings is 1. The van der Waals surface area contributed by atoms with Crippen LogP contribution in [0.15, 0.2) is 30.1 Å². The van der Waals surface area contributed by atoms with Gasteiger partial charge < -0.3 is 15.4 Å². The molecule has 0 spiro atoms. The minimum atomic E-state index is -0.378. The van der Waals surface area contributed by atoms with Crippen molar-refractivity contribution in [2.24, 2.45) is 0 Å². The Kier molecular flexibility index (Phi) is 3.57. The average molecular weight is 247 g/mol. The monoisotopic (exact) mass is 247 g/mol. The van der Waals surface area contributed by atoms with Gasteiger partial charge >= 0.3 is 5.97 Å². The first-order valence-electron chi connectivity index (χ1n) is 5.58. The van der Waals surface area contributed by atoms with E-state index in [1.807, 2.05) is 0 Å². The number of ether oxygens (including phenoxy) is 1. The van der Waals surface area contributed by atoms with Gasteiger partial charge in [-0.05, 0) is 19.1 Å². The second-order valence-corrected chi connectivity index (χ2v) is 3.67. The first-order chi connectivity index (χ1) is 8.69. The largest absolute Gasteiger partial charge is 0.466 e. The zero-order valence-corrected chi connectivity index (χ0v) is 9.90. The van der Waals surface area contributed by atoms with Gasteiger partial charge in [0.1, 0.15) is 0 Å². The van der Waals surface area contributed by atoms with Crippen LogP contribution in [0, 0.1) is 0 Å². The third-order valence-corrected chi connectivity index (χ3v) is 2.29. The zero-order chi connectivity index (χ0) is 13.0. The Morgan fingerprint density at radius 2 is 2.28 bits per heavy atom. The third kappa shape index (κ3) is 2.85. The van der Waals surface area contributed by atoms with Crippen LogP contribution >= 0.6 is 0 Å². The maximum absolute atomic E-state index is 11.6. The van der Waals surface area contributed by atoms with Crippen molar-refractivity contribution in [2.45, 2.75) is 13.3 Å². The second-order valence-electron chi connectivity index (χ2n) is 3.67. The summed E-state index contributed by atoms with van der Waals surface area (Å²) >= 11 is 0. The zero-order valence-electron chi connectivity index (χ0n) is 9.90. The van der Waals surface area contributed by atoms with Gasteiger partial charge in [-0.1, -0.05) is 0 Å². The summed E-state index contributed by atoms with van der Waals surface area (Å²) in [5.41, 5.74) is 1.14. The molecule has 0 fully saturated rings. The molecule has 1 aromatic heterocycles. The van der Waals surface area contributed by atoms with Crippen LogP contribution in [0.1, 0.15) is 13.3 Å². The predicted octanol–water partition coefficient (Wildman–Crippen LogP) is 1.28. The van der Waals surface area contributed by atoms with Gasteiger partial charge in [-0.15, -0.1) is 0 Å². The number of hydrogen-bond acceptors (Lipinski definition) is 5.